The molecule has 2 aliphatic heterocycles. The third kappa shape index (κ3) is 4.41. The van der Waals surface area contributed by atoms with Gasteiger partial charge in [0.05, 0.1) is 32.1 Å². The van der Waals surface area contributed by atoms with E-state index in [0.717, 1.165) is 63.2 Å². The Bertz CT molecular complexity index is 673. The molecule has 7 nitrogen and oxygen atoms in total. The molecule has 2 saturated heterocycles. The minimum atomic E-state index is 0.108. The molecule has 140 valence electrons. The van der Waals surface area contributed by atoms with Crippen molar-refractivity contribution in [3.05, 3.63) is 42.2 Å². The lowest BCUT2D eigenvalue weighted by Gasteiger charge is -2.37. The highest BCUT2D eigenvalue weighted by Gasteiger charge is 2.29. The fraction of sp³-hybridized carbons (Fsp3) is 0.579. The van der Waals surface area contributed by atoms with E-state index in [0.29, 0.717) is 19.1 Å². The minimum absolute atomic E-state index is 0.108. The van der Waals surface area contributed by atoms with Crippen molar-refractivity contribution in [2.45, 2.75) is 25.4 Å². The normalized spacial score (nSPS) is 22.4. The molecule has 4 heterocycles. The van der Waals surface area contributed by atoms with Crippen LogP contribution in [0.4, 0.5) is 5.82 Å². The maximum atomic E-state index is 5.73. The van der Waals surface area contributed by atoms with E-state index in [2.05, 4.69) is 15.2 Å². The molecule has 0 aromatic carbocycles. The van der Waals surface area contributed by atoms with Crippen LogP contribution in [-0.2, 0) is 16.0 Å². The Kier molecular flexibility index (Phi) is 5.78. The highest BCUT2D eigenvalue weighted by Crippen LogP contribution is 2.26. The molecule has 0 spiro atoms. The van der Waals surface area contributed by atoms with Gasteiger partial charge in [0.1, 0.15) is 17.4 Å². The second kappa shape index (κ2) is 8.62. The molecule has 4 rings (SSSR count). The van der Waals surface area contributed by atoms with Gasteiger partial charge in [-0.05, 0) is 37.0 Å². The summed E-state index contributed by atoms with van der Waals surface area (Å²) in [4.78, 5) is 11.7. The van der Waals surface area contributed by atoms with Crippen molar-refractivity contribution in [1.29, 1.82) is 0 Å². The molecule has 2 fully saturated rings. The van der Waals surface area contributed by atoms with Crippen LogP contribution in [0.15, 0.2) is 35.1 Å². The molecule has 26 heavy (non-hydrogen) atoms. The summed E-state index contributed by atoms with van der Waals surface area (Å²) in [6, 6.07) is 5.83. The molecule has 2 aliphatic rings. The van der Waals surface area contributed by atoms with Crippen molar-refractivity contribution in [3.63, 3.8) is 0 Å². The number of nitrogens with zero attached hydrogens (tertiary/aromatic N) is 3. The first-order valence-electron chi connectivity index (χ1n) is 9.37. The summed E-state index contributed by atoms with van der Waals surface area (Å²) in [5, 5.41) is 3.30. The standard InChI is InChI=1S/C19H26N4O3/c1-2-16(26-8-1)12-21-18-3-6-20-19(22-18)17-14-25-11-7-23(17)13-15-4-9-24-10-5-15/h1-3,6,8,15,17H,4-5,7,9-14H2,(H,20,21,22)/t17-/m0/s1. The maximum Gasteiger partial charge on any atom is 0.150 e. The molecule has 0 aliphatic carbocycles. The second-order valence-electron chi connectivity index (χ2n) is 6.87. The highest BCUT2D eigenvalue weighted by atomic mass is 16.5. The van der Waals surface area contributed by atoms with Crippen molar-refractivity contribution >= 4 is 5.82 Å². The number of anilines is 1. The first-order chi connectivity index (χ1) is 12.9. The SMILES string of the molecule is c1coc(CNc2ccnc([C@@H]3COCCN3CC3CCOCC3)n2)c1. The Balaban J connectivity index is 1.42. The van der Waals surface area contributed by atoms with Crippen LogP contribution in [0.2, 0.25) is 0 Å². The van der Waals surface area contributed by atoms with E-state index < -0.39 is 0 Å². The largest absolute Gasteiger partial charge is 0.467 e. The Morgan fingerprint density at radius 1 is 1.15 bits per heavy atom. The van der Waals surface area contributed by atoms with Crippen LogP contribution in [0.5, 0.6) is 0 Å². The predicted octanol–water partition coefficient (Wildman–Crippen LogP) is 2.48. The van der Waals surface area contributed by atoms with E-state index in [1.807, 2.05) is 24.4 Å². The minimum Gasteiger partial charge on any atom is -0.467 e. The van der Waals surface area contributed by atoms with Crippen LogP contribution in [0.3, 0.4) is 0 Å². The Morgan fingerprint density at radius 3 is 2.92 bits per heavy atom. The topological polar surface area (TPSA) is 72.7 Å². The average Bonchev–Trinajstić information content (AvgIpc) is 3.22. The van der Waals surface area contributed by atoms with E-state index in [-0.39, 0.29) is 6.04 Å². The lowest BCUT2D eigenvalue weighted by molar-refractivity contribution is -0.0295. The van der Waals surface area contributed by atoms with Gasteiger partial charge in [-0.25, -0.2) is 9.97 Å². The van der Waals surface area contributed by atoms with E-state index in [1.165, 1.54) is 0 Å². The molecule has 0 bridgehead atoms. The molecule has 0 saturated carbocycles. The van der Waals surface area contributed by atoms with E-state index in [4.69, 9.17) is 18.9 Å². The third-order valence-corrected chi connectivity index (χ3v) is 5.07. The lowest BCUT2D eigenvalue weighted by atomic mass is 9.98. The third-order valence-electron chi connectivity index (χ3n) is 5.07. The summed E-state index contributed by atoms with van der Waals surface area (Å²) < 4.78 is 16.6. The van der Waals surface area contributed by atoms with E-state index in [9.17, 15) is 0 Å². The number of ether oxygens (including phenoxy) is 2. The van der Waals surface area contributed by atoms with Crippen molar-refractivity contribution in [2.75, 3.05) is 44.8 Å². The van der Waals surface area contributed by atoms with Gasteiger partial charge in [0.25, 0.3) is 0 Å². The number of morpholine rings is 1. The Labute approximate surface area is 153 Å². The summed E-state index contributed by atoms with van der Waals surface area (Å²) in [5.41, 5.74) is 0. The zero-order chi connectivity index (χ0) is 17.6. The maximum absolute atomic E-state index is 5.73. The lowest BCUT2D eigenvalue weighted by Crippen LogP contribution is -2.43. The summed E-state index contributed by atoms with van der Waals surface area (Å²) in [6.07, 6.45) is 5.76. The quantitative estimate of drug-likeness (QED) is 0.850. The van der Waals surface area contributed by atoms with E-state index >= 15 is 0 Å². The molecule has 0 unspecified atom stereocenters. The molecule has 1 N–H and O–H groups in total. The summed E-state index contributed by atoms with van der Waals surface area (Å²) >= 11 is 0. The average molecular weight is 358 g/mol. The number of hydrogen-bond acceptors (Lipinski definition) is 7. The zero-order valence-corrected chi connectivity index (χ0v) is 15.0. The number of hydrogen-bond donors (Lipinski definition) is 1. The molecule has 2 aromatic rings. The monoisotopic (exact) mass is 358 g/mol. The van der Waals surface area contributed by atoms with Crippen molar-refractivity contribution in [2.24, 2.45) is 5.92 Å². The van der Waals surface area contributed by atoms with Gasteiger partial charge in [-0.15, -0.1) is 0 Å². The van der Waals surface area contributed by atoms with Gasteiger partial charge in [-0.3, -0.25) is 4.90 Å². The van der Waals surface area contributed by atoms with Gasteiger partial charge in [0.15, 0.2) is 0 Å². The summed E-state index contributed by atoms with van der Waals surface area (Å²) in [6.45, 7) is 5.77. The van der Waals surface area contributed by atoms with Gasteiger partial charge < -0.3 is 19.2 Å². The fourth-order valence-corrected chi connectivity index (χ4v) is 3.58. The molecule has 0 amide bonds. The zero-order valence-electron chi connectivity index (χ0n) is 15.0. The molecule has 2 aromatic heterocycles. The van der Waals surface area contributed by atoms with Gasteiger partial charge >= 0.3 is 0 Å². The number of rotatable bonds is 6. The van der Waals surface area contributed by atoms with Crippen LogP contribution in [0.1, 0.15) is 30.5 Å². The number of nitrogens with one attached hydrogen (secondary N) is 1. The molecule has 0 radical (unpaired) electrons. The summed E-state index contributed by atoms with van der Waals surface area (Å²) in [5.74, 6) is 3.20. The van der Waals surface area contributed by atoms with Crippen LogP contribution in [-0.4, -0.2) is 54.4 Å². The van der Waals surface area contributed by atoms with Crippen LogP contribution >= 0.6 is 0 Å². The Morgan fingerprint density at radius 2 is 2.08 bits per heavy atom. The fourth-order valence-electron chi connectivity index (χ4n) is 3.58. The first kappa shape index (κ1) is 17.5. The summed E-state index contributed by atoms with van der Waals surface area (Å²) in [7, 11) is 0. The van der Waals surface area contributed by atoms with Gasteiger partial charge in [-0.1, -0.05) is 0 Å². The first-order valence-corrected chi connectivity index (χ1v) is 9.37. The molecular weight excluding hydrogens is 332 g/mol. The number of aromatic nitrogens is 2. The highest BCUT2D eigenvalue weighted by molar-refractivity contribution is 5.33. The van der Waals surface area contributed by atoms with Gasteiger partial charge in [0, 0.05) is 32.5 Å². The number of furan rings is 1. The molecule has 1 atom stereocenters. The van der Waals surface area contributed by atoms with Crippen molar-refractivity contribution < 1.29 is 13.9 Å². The smallest absolute Gasteiger partial charge is 0.150 e. The van der Waals surface area contributed by atoms with Gasteiger partial charge in [0.2, 0.25) is 0 Å². The van der Waals surface area contributed by atoms with E-state index in [1.54, 1.807) is 6.26 Å². The van der Waals surface area contributed by atoms with Crippen LogP contribution in [0.25, 0.3) is 0 Å². The van der Waals surface area contributed by atoms with Crippen LogP contribution < -0.4 is 5.32 Å². The van der Waals surface area contributed by atoms with Crippen molar-refractivity contribution in [1.82, 2.24) is 14.9 Å². The second-order valence-corrected chi connectivity index (χ2v) is 6.87. The predicted molar refractivity (Wildman–Crippen MR) is 96.7 cm³/mol. The Hall–Kier alpha value is -1.96. The molecular formula is C19H26N4O3. The van der Waals surface area contributed by atoms with Crippen molar-refractivity contribution in [3.8, 4) is 0 Å². The van der Waals surface area contributed by atoms with Crippen LogP contribution in [0, 0.1) is 5.92 Å². The molecule has 7 heteroatoms. The van der Waals surface area contributed by atoms with Gasteiger partial charge in [-0.2, -0.15) is 0 Å².